The lowest BCUT2D eigenvalue weighted by atomic mass is 9.74. The average Bonchev–Trinajstić information content (AvgIpc) is 2.17. The summed E-state index contributed by atoms with van der Waals surface area (Å²) in [6.45, 7) is -0.713. The Hall–Kier alpha value is -0.290. The van der Waals surface area contributed by atoms with Crippen molar-refractivity contribution in [3.63, 3.8) is 0 Å². The second kappa shape index (κ2) is 5.16. The molecule has 0 atom stereocenters. The van der Waals surface area contributed by atoms with Crippen LogP contribution in [0.4, 0.5) is 13.2 Å². The van der Waals surface area contributed by atoms with Gasteiger partial charge in [0, 0.05) is 18.6 Å². The molecular weight excluding hydrogens is 207 g/mol. The summed E-state index contributed by atoms with van der Waals surface area (Å²) in [7, 11) is 0. The fourth-order valence-corrected chi connectivity index (χ4v) is 2.16. The maximum absolute atomic E-state index is 11.9. The van der Waals surface area contributed by atoms with Crippen LogP contribution in [-0.2, 0) is 0 Å². The third-order valence-electron chi connectivity index (χ3n) is 3.08. The number of aliphatic hydroxyl groups excluding tert-OH is 1. The summed E-state index contributed by atoms with van der Waals surface area (Å²) in [4.78, 5) is 0. The first-order valence-corrected chi connectivity index (χ1v) is 5.36. The van der Waals surface area contributed by atoms with Crippen molar-refractivity contribution >= 4 is 0 Å². The zero-order valence-corrected chi connectivity index (χ0v) is 8.74. The van der Waals surface area contributed by atoms with Crippen molar-refractivity contribution in [2.24, 2.45) is 5.41 Å². The lowest BCUT2D eigenvalue weighted by Gasteiger charge is -2.35. The molecule has 1 fully saturated rings. The van der Waals surface area contributed by atoms with Gasteiger partial charge in [-0.2, -0.15) is 13.2 Å². The molecule has 0 spiro atoms. The molecular formula is C10H18F3NO. The summed E-state index contributed by atoms with van der Waals surface area (Å²) in [5, 5.41) is 11.7. The SMILES string of the molecule is OCC1(CNCC(F)(F)F)CCCCC1. The van der Waals surface area contributed by atoms with Gasteiger partial charge in [-0.1, -0.05) is 19.3 Å². The predicted octanol–water partition coefficient (Wildman–Crippen LogP) is 2.08. The minimum atomic E-state index is -4.16. The van der Waals surface area contributed by atoms with Gasteiger partial charge in [-0.05, 0) is 12.8 Å². The van der Waals surface area contributed by atoms with Crippen molar-refractivity contribution in [2.75, 3.05) is 19.7 Å². The Bertz CT molecular complexity index is 188. The van der Waals surface area contributed by atoms with Crippen LogP contribution in [0.25, 0.3) is 0 Å². The maximum atomic E-state index is 11.9. The summed E-state index contributed by atoms with van der Waals surface area (Å²) in [5.41, 5.74) is -0.316. The highest BCUT2D eigenvalue weighted by Crippen LogP contribution is 2.35. The summed E-state index contributed by atoms with van der Waals surface area (Å²) < 4.78 is 35.7. The molecule has 15 heavy (non-hydrogen) atoms. The highest BCUT2D eigenvalue weighted by atomic mass is 19.4. The van der Waals surface area contributed by atoms with E-state index in [-0.39, 0.29) is 18.6 Å². The van der Waals surface area contributed by atoms with E-state index in [1.54, 1.807) is 0 Å². The Morgan fingerprint density at radius 3 is 2.20 bits per heavy atom. The van der Waals surface area contributed by atoms with Crippen LogP contribution in [0.1, 0.15) is 32.1 Å². The van der Waals surface area contributed by atoms with Crippen LogP contribution in [0.5, 0.6) is 0 Å². The zero-order valence-electron chi connectivity index (χ0n) is 8.74. The van der Waals surface area contributed by atoms with Gasteiger partial charge in [-0.25, -0.2) is 0 Å². The van der Waals surface area contributed by atoms with Gasteiger partial charge in [0.05, 0.1) is 6.54 Å². The van der Waals surface area contributed by atoms with E-state index in [1.807, 2.05) is 0 Å². The Kier molecular flexibility index (Phi) is 4.40. The predicted molar refractivity (Wildman–Crippen MR) is 51.5 cm³/mol. The zero-order chi connectivity index (χ0) is 11.4. The quantitative estimate of drug-likeness (QED) is 0.767. The molecule has 90 valence electrons. The van der Waals surface area contributed by atoms with Gasteiger partial charge < -0.3 is 10.4 Å². The number of rotatable bonds is 4. The van der Waals surface area contributed by atoms with Gasteiger partial charge in [0.1, 0.15) is 0 Å². The second-order valence-electron chi connectivity index (χ2n) is 4.44. The number of nitrogens with one attached hydrogen (secondary N) is 1. The van der Waals surface area contributed by atoms with E-state index in [9.17, 15) is 18.3 Å². The Labute approximate surface area is 87.9 Å². The number of halogens is 3. The van der Waals surface area contributed by atoms with E-state index in [0.717, 1.165) is 32.1 Å². The molecule has 0 amide bonds. The summed E-state index contributed by atoms with van der Waals surface area (Å²) in [5.74, 6) is 0. The van der Waals surface area contributed by atoms with Crippen LogP contribution >= 0.6 is 0 Å². The molecule has 1 aliphatic rings. The molecule has 1 rings (SSSR count). The lowest BCUT2D eigenvalue weighted by molar-refractivity contribution is -0.126. The number of hydrogen-bond donors (Lipinski definition) is 2. The molecule has 0 aromatic rings. The van der Waals surface area contributed by atoms with Crippen LogP contribution in [0.15, 0.2) is 0 Å². The van der Waals surface area contributed by atoms with Crippen molar-refractivity contribution in [2.45, 2.75) is 38.3 Å². The number of aliphatic hydroxyl groups is 1. The fourth-order valence-electron chi connectivity index (χ4n) is 2.16. The molecule has 0 unspecified atom stereocenters. The van der Waals surface area contributed by atoms with Crippen LogP contribution < -0.4 is 5.32 Å². The first kappa shape index (κ1) is 12.8. The van der Waals surface area contributed by atoms with E-state index in [2.05, 4.69) is 5.32 Å². The lowest BCUT2D eigenvalue weighted by Crippen LogP contribution is -2.42. The molecule has 5 heteroatoms. The van der Waals surface area contributed by atoms with Crippen molar-refractivity contribution in [3.05, 3.63) is 0 Å². The first-order valence-electron chi connectivity index (χ1n) is 5.36. The average molecular weight is 225 g/mol. The van der Waals surface area contributed by atoms with Crippen molar-refractivity contribution < 1.29 is 18.3 Å². The molecule has 1 saturated carbocycles. The molecule has 0 aromatic carbocycles. The normalized spacial score (nSPS) is 21.6. The minimum Gasteiger partial charge on any atom is -0.396 e. The smallest absolute Gasteiger partial charge is 0.396 e. The molecule has 0 aliphatic heterocycles. The molecule has 2 nitrogen and oxygen atoms in total. The van der Waals surface area contributed by atoms with E-state index in [4.69, 9.17) is 0 Å². The molecule has 0 saturated heterocycles. The van der Waals surface area contributed by atoms with Crippen LogP contribution in [-0.4, -0.2) is 31.0 Å². The summed E-state index contributed by atoms with van der Waals surface area (Å²) in [6, 6.07) is 0. The van der Waals surface area contributed by atoms with Crippen LogP contribution in [0.3, 0.4) is 0 Å². The second-order valence-corrected chi connectivity index (χ2v) is 4.44. The Balaban J connectivity index is 2.33. The van der Waals surface area contributed by atoms with E-state index in [0.29, 0.717) is 0 Å². The minimum absolute atomic E-state index is 0.0160. The van der Waals surface area contributed by atoms with Crippen LogP contribution in [0, 0.1) is 5.41 Å². The molecule has 0 bridgehead atoms. The molecule has 0 aromatic heterocycles. The molecule has 0 heterocycles. The standard InChI is InChI=1S/C10H18F3NO/c11-10(12,13)7-14-6-9(8-15)4-2-1-3-5-9/h14-15H,1-8H2. The van der Waals surface area contributed by atoms with E-state index in [1.165, 1.54) is 0 Å². The first-order chi connectivity index (χ1) is 6.97. The summed E-state index contributed by atoms with van der Waals surface area (Å²) >= 11 is 0. The van der Waals surface area contributed by atoms with Crippen molar-refractivity contribution in [3.8, 4) is 0 Å². The highest BCUT2D eigenvalue weighted by molar-refractivity contribution is 4.84. The van der Waals surface area contributed by atoms with Gasteiger partial charge in [-0.3, -0.25) is 0 Å². The number of alkyl halides is 3. The Morgan fingerprint density at radius 1 is 1.13 bits per heavy atom. The summed E-state index contributed by atoms with van der Waals surface area (Å²) in [6.07, 6.45) is 0.636. The highest BCUT2D eigenvalue weighted by Gasteiger charge is 2.33. The van der Waals surface area contributed by atoms with Crippen molar-refractivity contribution in [1.29, 1.82) is 0 Å². The third-order valence-corrected chi connectivity index (χ3v) is 3.08. The van der Waals surface area contributed by atoms with E-state index >= 15 is 0 Å². The van der Waals surface area contributed by atoms with Crippen LogP contribution in [0.2, 0.25) is 0 Å². The maximum Gasteiger partial charge on any atom is 0.401 e. The van der Waals surface area contributed by atoms with Gasteiger partial charge in [0.2, 0.25) is 0 Å². The van der Waals surface area contributed by atoms with E-state index < -0.39 is 12.7 Å². The monoisotopic (exact) mass is 225 g/mol. The van der Waals surface area contributed by atoms with Gasteiger partial charge in [0.25, 0.3) is 0 Å². The molecule has 2 N–H and O–H groups in total. The van der Waals surface area contributed by atoms with Crippen molar-refractivity contribution in [1.82, 2.24) is 5.32 Å². The van der Waals surface area contributed by atoms with Gasteiger partial charge in [0.15, 0.2) is 0 Å². The van der Waals surface area contributed by atoms with Gasteiger partial charge >= 0.3 is 6.18 Å². The molecule has 1 aliphatic carbocycles. The Morgan fingerprint density at radius 2 is 1.73 bits per heavy atom. The molecule has 0 radical (unpaired) electrons. The largest absolute Gasteiger partial charge is 0.401 e. The topological polar surface area (TPSA) is 32.3 Å². The number of hydrogen-bond acceptors (Lipinski definition) is 2. The third kappa shape index (κ3) is 4.38. The fraction of sp³-hybridized carbons (Fsp3) is 1.00. The van der Waals surface area contributed by atoms with Gasteiger partial charge in [-0.15, -0.1) is 0 Å².